The van der Waals surface area contributed by atoms with Crippen LogP contribution in [0.15, 0.2) is 12.1 Å². The lowest BCUT2D eigenvalue weighted by molar-refractivity contribution is -0.120. The van der Waals surface area contributed by atoms with Gasteiger partial charge in [-0.05, 0) is 43.8 Å². The molecule has 0 saturated carbocycles. The number of imidazole rings is 1. The molecule has 0 radical (unpaired) electrons. The van der Waals surface area contributed by atoms with E-state index in [1.54, 1.807) is 24.5 Å². The van der Waals surface area contributed by atoms with Crippen LogP contribution in [0.2, 0.25) is 0 Å². The number of hydrogen-bond donors (Lipinski definition) is 2. The van der Waals surface area contributed by atoms with Crippen LogP contribution >= 0.6 is 12.2 Å². The number of aromatic amines is 1. The van der Waals surface area contributed by atoms with Crippen LogP contribution in [0, 0.1) is 17.5 Å². The van der Waals surface area contributed by atoms with Gasteiger partial charge in [0.1, 0.15) is 11.9 Å². The molecule has 1 amide bonds. The molecule has 3 N–H and O–H groups in total. The summed E-state index contributed by atoms with van der Waals surface area (Å²) in [4.78, 5) is 14.1. The second-order valence-electron chi connectivity index (χ2n) is 4.00. The highest BCUT2D eigenvalue weighted by Gasteiger charge is 2.16. The highest BCUT2D eigenvalue weighted by molar-refractivity contribution is 7.71. The van der Waals surface area contributed by atoms with E-state index in [4.69, 9.17) is 18.0 Å². The summed E-state index contributed by atoms with van der Waals surface area (Å²) in [6.45, 7) is 3.31. The molecule has 0 aliphatic heterocycles. The second kappa shape index (κ2) is 3.96. The molecule has 0 aliphatic carbocycles. The molecule has 0 saturated heterocycles. The van der Waals surface area contributed by atoms with Crippen molar-refractivity contribution >= 4 is 29.2 Å². The number of nitrogens with two attached hydrogens (primary N) is 1. The summed E-state index contributed by atoms with van der Waals surface area (Å²) >= 11 is 5.11. The van der Waals surface area contributed by atoms with E-state index in [0.29, 0.717) is 21.4 Å². The third kappa shape index (κ3) is 1.84. The van der Waals surface area contributed by atoms with Crippen LogP contribution in [0.1, 0.15) is 18.5 Å². The lowest BCUT2D eigenvalue weighted by Gasteiger charge is -2.10. The fourth-order valence-electron chi connectivity index (χ4n) is 1.76. The molecule has 0 aliphatic rings. The summed E-state index contributed by atoms with van der Waals surface area (Å²) < 4.78 is 15.3. The van der Waals surface area contributed by atoms with Crippen LogP contribution in [0.3, 0.4) is 0 Å². The average molecular weight is 253 g/mol. The van der Waals surface area contributed by atoms with Crippen LogP contribution < -0.4 is 5.73 Å². The fraction of sp³-hybridized carbons (Fsp3) is 0.273. The molecule has 1 heterocycles. The summed E-state index contributed by atoms with van der Waals surface area (Å²) in [5.41, 5.74) is 7.00. The number of hydrogen-bond acceptors (Lipinski definition) is 2. The Morgan fingerprint density at radius 1 is 1.59 bits per heavy atom. The number of carbonyl (C=O) groups excluding carboxylic acids is 1. The van der Waals surface area contributed by atoms with Crippen molar-refractivity contribution in [2.45, 2.75) is 19.9 Å². The number of H-pyrrole nitrogens is 1. The Morgan fingerprint density at radius 2 is 2.24 bits per heavy atom. The highest BCUT2D eigenvalue weighted by atomic mass is 32.1. The van der Waals surface area contributed by atoms with Gasteiger partial charge in [-0.3, -0.25) is 4.79 Å². The van der Waals surface area contributed by atoms with E-state index < -0.39 is 11.9 Å². The van der Waals surface area contributed by atoms with Crippen molar-refractivity contribution in [3.63, 3.8) is 0 Å². The number of aryl methyl sites for hydroxylation is 1. The molecule has 0 spiro atoms. The van der Waals surface area contributed by atoms with Crippen LogP contribution in [-0.4, -0.2) is 15.5 Å². The van der Waals surface area contributed by atoms with Crippen molar-refractivity contribution in [2.75, 3.05) is 0 Å². The van der Waals surface area contributed by atoms with Crippen LogP contribution in [0.25, 0.3) is 11.0 Å². The van der Waals surface area contributed by atoms with Crippen molar-refractivity contribution in [1.82, 2.24) is 9.55 Å². The van der Waals surface area contributed by atoms with Crippen molar-refractivity contribution in [2.24, 2.45) is 5.73 Å². The first kappa shape index (κ1) is 11.8. The standard InChI is InChI=1S/C11H12FN3OS/c1-5-3-9-8(4-7(5)12)14-11(17)15(9)6(2)10(13)16/h3-4,6H,1-2H3,(H2,13,16)(H,14,17). The van der Waals surface area contributed by atoms with Gasteiger partial charge in [0, 0.05) is 0 Å². The average Bonchev–Trinajstić information content (AvgIpc) is 2.53. The molecule has 6 heteroatoms. The van der Waals surface area contributed by atoms with Crippen molar-refractivity contribution in [3.8, 4) is 0 Å². The summed E-state index contributed by atoms with van der Waals surface area (Å²) in [5, 5.41) is 0. The van der Waals surface area contributed by atoms with Gasteiger partial charge in [0.15, 0.2) is 4.77 Å². The molecular formula is C11H12FN3OS. The molecule has 4 nitrogen and oxygen atoms in total. The highest BCUT2D eigenvalue weighted by Crippen LogP contribution is 2.22. The maximum Gasteiger partial charge on any atom is 0.240 e. The number of fused-ring (bicyclic) bond motifs is 1. The molecular weight excluding hydrogens is 241 g/mol. The van der Waals surface area contributed by atoms with E-state index in [2.05, 4.69) is 4.98 Å². The molecule has 0 bridgehead atoms. The molecule has 1 atom stereocenters. The van der Waals surface area contributed by atoms with Gasteiger partial charge in [-0.2, -0.15) is 0 Å². The Hall–Kier alpha value is -1.69. The van der Waals surface area contributed by atoms with Crippen LogP contribution in [0.4, 0.5) is 4.39 Å². The molecule has 2 aromatic rings. The summed E-state index contributed by atoms with van der Waals surface area (Å²) in [6, 6.07) is 2.45. The van der Waals surface area contributed by atoms with Crippen molar-refractivity contribution < 1.29 is 9.18 Å². The van der Waals surface area contributed by atoms with Gasteiger partial charge >= 0.3 is 0 Å². The molecule has 17 heavy (non-hydrogen) atoms. The molecule has 0 fully saturated rings. The zero-order chi connectivity index (χ0) is 12.7. The molecule has 1 aromatic carbocycles. The van der Waals surface area contributed by atoms with E-state index in [1.165, 1.54) is 6.07 Å². The van der Waals surface area contributed by atoms with Gasteiger partial charge in [-0.15, -0.1) is 0 Å². The van der Waals surface area contributed by atoms with E-state index in [-0.39, 0.29) is 5.82 Å². The van der Waals surface area contributed by atoms with Crippen molar-refractivity contribution in [3.05, 3.63) is 28.3 Å². The molecule has 90 valence electrons. The first-order valence-electron chi connectivity index (χ1n) is 5.11. The van der Waals surface area contributed by atoms with E-state index in [9.17, 15) is 9.18 Å². The van der Waals surface area contributed by atoms with E-state index in [1.807, 2.05) is 0 Å². The summed E-state index contributed by atoms with van der Waals surface area (Å²) in [7, 11) is 0. The first-order chi connectivity index (χ1) is 7.91. The van der Waals surface area contributed by atoms with Crippen LogP contribution in [0.5, 0.6) is 0 Å². The van der Waals surface area contributed by atoms with Gasteiger partial charge in [0.05, 0.1) is 11.0 Å². The lowest BCUT2D eigenvalue weighted by Crippen LogP contribution is -2.24. The lowest BCUT2D eigenvalue weighted by atomic mass is 10.2. The number of rotatable bonds is 2. The third-order valence-corrected chi connectivity index (χ3v) is 3.09. The smallest absolute Gasteiger partial charge is 0.240 e. The Labute approximate surface area is 102 Å². The maximum atomic E-state index is 13.4. The topological polar surface area (TPSA) is 63.8 Å². The normalized spacial score (nSPS) is 12.9. The zero-order valence-electron chi connectivity index (χ0n) is 9.45. The van der Waals surface area contributed by atoms with E-state index in [0.717, 1.165) is 0 Å². The van der Waals surface area contributed by atoms with Crippen molar-refractivity contribution in [1.29, 1.82) is 0 Å². The number of carbonyl (C=O) groups is 1. The largest absolute Gasteiger partial charge is 0.368 e. The molecule has 1 unspecified atom stereocenters. The number of primary amides is 1. The zero-order valence-corrected chi connectivity index (χ0v) is 10.3. The van der Waals surface area contributed by atoms with Gasteiger partial charge < -0.3 is 15.3 Å². The van der Waals surface area contributed by atoms with Crippen LogP contribution in [-0.2, 0) is 4.79 Å². The first-order valence-corrected chi connectivity index (χ1v) is 5.52. The minimum Gasteiger partial charge on any atom is -0.368 e. The Morgan fingerprint density at radius 3 is 2.82 bits per heavy atom. The predicted octanol–water partition coefficient (Wildman–Crippen LogP) is 2.19. The maximum absolute atomic E-state index is 13.4. The van der Waals surface area contributed by atoms with E-state index >= 15 is 0 Å². The third-order valence-electron chi connectivity index (χ3n) is 2.80. The summed E-state index contributed by atoms with van der Waals surface area (Å²) in [5.74, 6) is -0.795. The fourth-order valence-corrected chi connectivity index (χ4v) is 2.13. The minimum absolute atomic E-state index is 0.312. The molecule has 1 aromatic heterocycles. The monoisotopic (exact) mass is 253 g/mol. The number of benzene rings is 1. The Bertz CT molecular complexity index is 659. The predicted molar refractivity (Wildman–Crippen MR) is 65.7 cm³/mol. The Kier molecular flexibility index (Phi) is 2.74. The molecule has 2 rings (SSSR count). The quantitative estimate of drug-likeness (QED) is 0.806. The van der Waals surface area contributed by atoms with Gasteiger partial charge in [0.2, 0.25) is 5.91 Å². The van der Waals surface area contributed by atoms with Gasteiger partial charge in [-0.1, -0.05) is 0 Å². The Balaban J connectivity index is 2.80. The van der Waals surface area contributed by atoms with Gasteiger partial charge in [0.25, 0.3) is 0 Å². The second-order valence-corrected chi connectivity index (χ2v) is 4.38. The minimum atomic E-state index is -0.568. The SMILES string of the molecule is Cc1cc2c(cc1F)[nH]c(=S)n2C(C)C(N)=O. The number of aromatic nitrogens is 2. The summed E-state index contributed by atoms with van der Waals surface area (Å²) in [6.07, 6.45) is 0. The number of halogens is 1. The van der Waals surface area contributed by atoms with Gasteiger partial charge in [-0.25, -0.2) is 4.39 Å². The number of nitrogens with one attached hydrogen (secondary N) is 1. The number of amides is 1. The number of nitrogens with zero attached hydrogens (tertiary/aromatic N) is 1.